The number of hydrogen-bond acceptors (Lipinski definition) is 4. The maximum absolute atomic E-state index is 12.8. The van der Waals surface area contributed by atoms with E-state index in [1.807, 2.05) is 17.9 Å². The fourth-order valence-electron chi connectivity index (χ4n) is 3.12. The molecule has 8 heteroatoms. The van der Waals surface area contributed by atoms with Gasteiger partial charge in [0.1, 0.15) is 0 Å². The first-order valence-electron chi connectivity index (χ1n) is 8.81. The maximum Gasteiger partial charge on any atom is 0.416 e. The van der Waals surface area contributed by atoms with Gasteiger partial charge in [-0.05, 0) is 43.5 Å². The number of alkyl halides is 3. The number of carbonyl (C=O) groups excluding carboxylic acids is 1. The molecule has 0 aliphatic carbocycles. The van der Waals surface area contributed by atoms with Crippen molar-refractivity contribution < 1.29 is 18.0 Å². The zero-order chi connectivity index (χ0) is 19.4. The number of anilines is 1. The normalized spacial score (nSPS) is 15.6. The molecule has 1 saturated heterocycles. The van der Waals surface area contributed by atoms with Gasteiger partial charge in [-0.2, -0.15) is 13.2 Å². The molecule has 3 rings (SSSR count). The van der Waals surface area contributed by atoms with Crippen LogP contribution in [-0.2, 0) is 17.5 Å². The predicted molar refractivity (Wildman–Crippen MR) is 95.0 cm³/mol. The monoisotopic (exact) mass is 378 g/mol. The lowest BCUT2D eigenvalue weighted by Crippen LogP contribution is -2.41. The largest absolute Gasteiger partial charge is 0.416 e. The van der Waals surface area contributed by atoms with Gasteiger partial charge in [0.05, 0.1) is 5.56 Å². The summed E-state index contributed by atoms with van der Waals surface area (Å²) in [5.41, 5.74) is 0.616. The molecule has 0 radical (unpaired) electrons. The Labute approximate surface area is 155 Å². The van der Waals surface area contributed by atoms with Crippen LogP contribution in [0.1, 0.15) is 29.7 Å². The minimum Gasteiger partial charge on any atom is -0.352 e. The molecule has 0 atom stereocenters. The number of nitrogens with zero attached hydrogens (tertiary/aromatic N) is 3. The van der Waals surface area contributed by atoms with Gasteiger partial charge in [0.2, 0.25) is 11.9 Å². The summed E-state index contributed by atoms with van der Waals surface area (Å²) in [4.78, 5) is 23.1. The Hall–Kier alpha value is -2.64. The number of benzene rings is 1. The lowest BCUT2D eigenvalue weighted by molar-refractivity contribution is -0.137. The topological polar surface area (TPSA) is 58.1 Å². The Morgan fingerprint density at radius 2 is 2.00 bits per heavy atom. The average Bonchev–Trinajstić information content (AvgIpc) is 2.66. The van der Waals surface area contributed by atoms with Crippen LogP contribution in [0.15, 0.2) is 36.5 Å². The van der Waals surface area contributed by atoms with E-state index in [4.69, 9.17) is 0 Å². The van der Waals surface area contributed by atoms with Crippen LogP contribution in [0.2, 0.25) is 0 Å². The summed E-state index contributed by atoms with van der Waals surface area (Å²) in [6, 6.07) is 6.85. The van der Waals surface area contributed by atoms with Crippen LogP contribution in [-0.4, -0.2) is 29.0 Å². The summed E-state index contributed by atoms with van der Waals surface area (Å²) in [7, 11) is 0. The molecule has 0 spiro atoms. The molecule has 0 bridgehead atoms. The molecule has 1 fully saturated rings. The summed E-state index contributed by atoms with van der Waals surface area (Å²) in [5, 5.41) is 2.75. The van der Waals surface area contributed by atoms with Gasteiger partial charge in [-0.1, -0.05) is 12.1 Å². The number of halogens is 3. The maximum atomic E-state index is 12.8. The third-order valence-electron chi connectivity index (χ3n) is 4.65. The molecule has 1 aromatic carbocycles. The third kappa shape index (κ3) is 4.96. The van der Waals surface area contributed by atoms with Crippen molar-refractivity contribution in [3.8, 4) is 0 Å². The lowest BCUT2D eigenvalue weighted by Gasteiger charge is -2.31. The number of carbonyl (C=O) groups is 1. The van der Waals surface area contributed by atoms with E-state index in [0.717, 1.165) is 17.8 Å². The van der Waals surface area contributed by atoms with Crippen molar-refractivity contribution >= 4 is 11.9 Å². The summed E-state index contributed by atoms with van der Waals surface area (Å²) < 4.78 is 38.3. The minimum absolute atomic E-state index is 0.0873. The number of amides is 1. The van der Waals surface area contributed by atoms with Crippen LogP contribution in [0.4, 0.5) is 19.1 Å². The number of rotatable bonds is 4. The molecule has 1 aromatic heterocycles. The van der Waals surface area contributed by atoms with Crippen LogP contribution in [0.5, 0.6) is 0 Å². The Morgan fingerprint density at radius 1 is 1.26 bits per heavy atom. The molecular weight excluding hydrogens is 357 g/mol. The molecule has 1 aliphatic rings. The smallest absolute Gasteiger partial charge is 0.352 e. The Morgan fingerprint density at radius 3 is 2.67 bits per heavy atom. The van der Waals surface area contributed by atoms with Gasteiger partial charge in [0, 0.05) is 37.4 Å². The SMILES string of the molecule is Cc1ccnc(N2CCC(C(=O)NCc3cccc(C(F)(F)F)c3)CC2)n1. The van der Waals surface area contributed by atoms with Crippen molar-refractivity contribution in [2.24, 2.45) is 5.92 Å². The van der Waals surface area contributed by atoms with Gasteiger partial charge < -0.3 is 10.2 Å². The second-order valence-electron chi connectivity index (χ2n) is 6.68. The summed E-state index contributed by atoms with van der Waals surface area (Å²) in [5.74, 6) is 0.381. The Bertz CT molecular complexity index is 802. The van der Waals surface area contributed by atoms with E-state index in [-0.39, 0.29) is 18.4 Å². The van der Waals surface area contributed by atoms with Crippen LogP contribution >= 0.6 is 0 Å². The van der Waals surface area contributed by atoms with Crippen LogP contribution < -0.4 is 10.2 Å². The van der Waals surface area contributed by atoms with Crippen molar-refractivity contribution in [1.82, 2.24) is 15.3 Å². The van der Waals surface area contributed by atoms with Crippen molar-refractivity contribution in [1.29, 1.82) is 0 Å². The molecule has 144 valence electrons. The highest BCUT2D eigenvalue weighted by Gasteiger charge is 2.30. The van der Waals surface area contributed by atoms with E-state index in [9.17, 15) is 18.0 Å². The quantitative estimate of drug-likeness (QED) is 0.887. The molecule has 0 unspecified atom stereocenters. The number of piperidine rings is 1. The van der Waals surface area contributed by atoms with Crippen molar-refractivity contribution in [2.75, 3.05) is 18.0 Å². The van der Waals surface area contributed by atoms with Crippen LogP contribution in [0, 0.1) is 12.8 Å². The molecule has 1 aliphatic heterocycles. The fourth-order valence-corrected chi connectivity index (χ4v) is 3.12. The summed E-state index contributed by atoms with van der Waals surface area (Å²) in [6.45, 7) is 3.33. The molecule has 1 amide bonds. The van der Waals surface area contributed by atoms with Crippen molar-refractivity contribution in [3.05, 3.63) is 53.3 Å². The second kappa shape index (κ2) is 7.94. The van der Waals surface area contributed by atoms with Gasteiger partial charge in [-0.25, -0.2) is 9.97 Å². The van der Waals surface area contributed by atoms with E-state index in [1.165, 1.54) is 6.07 Å². The van der Waals surface area contributed by atoms with Gasteiger partial charge >= 0.3 is 6.18 Å². The fraction of sp³-hybridized carbons (Fsp3) is 0.421. The summed E-state index contributed by atoms with van der Waals surface area (Å²) >= 11 is 0. The number of nitrogens with one attached hydrogen (secondary N) is 1. The molecule has 1 N–H and O–H groups in total. The predicted octanol–water partition coefficient (Wildman–Crippen LogP) is 3.34. The molecular formula is C19H21F3N4O. The zero-order valence-electron chi connectivity index (χ0n) is 15.0. The number of aromatic nitrogens is 2. The van der Waals surface area contributed by atoms with E-state index in [0.29, 0.717) is 37.4 Å². The molecule has 5 nitrogen and oxygen atoms in total. The van der Waals surface area contributed by atoms with Crippen molar-refractivity contribution in [3.63, 3.8) is 0 Å². The highest BCUT2D eigenvalue weighted by atomic mass is 19.4. The second-order valence-corrected chi connectivity index (χ2v) is 6.68. The lowest BCUT2D eigenvalue weighted by atomic mass is 9.96. The first-order chi connectivity index (χ1) is 12.8. The average molecular weight is 378 g/mol. The van der Waals surface area contributed by atoms with E-state index >= 15 is 0 Å². The molecule has 2 heterocycles. The Balaban J connectivity index is 1.51. The van der Waals surface area contributed by atoms with Gasteiger partial charge in [-0.15, -0.1) is 0 Å². The van der Waals surface area contributed by atoms with E-state index in [1.54, 1.807) is 12.3 Å². The molecule has 0 saturated carbocycles. The van der Waals surface area contributed by atoms with E-state index in [2.05, 4.69) is 15.3 Å². The first-order valence-corrected chi connectivity index (χ1v) is 8.81. The standard InChI is InChI=1S/C19H21F3N4O/c1-13-5-8-23-18(25-13)26-9-6-15(7-10-26)17(27)24-12-14-3-2-4-16(11-14)19(20,21)22/h2-5,8,11,15H,6-7,9-10,12H2,1H3,(H,24,27). The molecule has 2 aromatic rings. The highest BCUT2D eigenvalue weighted by molar-refractivity contribution is 5.78. The van der Waals surface area contributed by atoms with E-state index < -0.39 is 11.7 Å². The number of hydrogen-bond donors (Lipinski definition) is 1. The van der Waals surface area contributed by atoms with Gasteiger partial charge in [0.15, 0.2) is 0 Å². The summed E-state index contributed by atoms with van der Waals surface area (Å²) in [6.07, 6.45) is -1.35. The minimum atomic E-state index is -4.38. The van der Waals surface area contributed by atoms with Crippen LogP contribution in [0.25, 0.3) is 0 Å². The van der Waals surface area contributed by atoms with Crippen molar-refractivity contribution in [2.45, 2.75) is 32.5 Å². The van der Waals surface area contributed by atoms with Gasteiger partial charge in [0.25, 0.3) is 0 Å². The first kappa shape index (κ1) is 19.1. The van der Waals surface area contributed by atoms with Gasteiger partial charge in [-0.3, -0.25) is 4.79 Å². The molecule has 27 heavy (non-hydrogen) atoms. The third-order valence-corrected chi connectivity index (χ3v) is 4.65. The van der Waals surface area contributed by atoms with Crippen LogP contribution in [0.3, 0.4) is 0 Å². The highest BCUT2D eigenvalue weighted by Crippen LogP contribution is 2.29. The Kier molecular flexibility index (Phi) is 5.62. The zero-order valence-corrected chi connectivity index (χ0v) is 15.0. The number of aryl methyl sites for hydroxylation is 1.